The van der Waals surface area contributed by atoms with Crippen LogP contribution in [0.1, 0.15) is 31.9 Å². The molecule has 28 heavy (non-hydrogen) atoms. The van der Waals surface area contributed by atoms with E-state index in [2.05, 4.69) is 23.7 Å². The van der Waals surface area contributed by atoms with Crippen LogP contribution in [-0.2, 0) is 17.5 Å². The Hall–Kier alpha value is -2.41. The third-order valence-electron chi connectivity index (χ3n) is 4.73. The van der Waals surface area contributed by atoms with Crippen LogP contribution in [0, 0.1) is 0 Å². The van der Waals surface area contributed by atoms with Gasteiger partial charge in [-0.1, -0.05) is 32.0 Å². The maximum atomic E-state index is 12.7. The van der Waals surface area contributed by atoms with E-state index in [1.807, 2.05) is 6.07 Å². The number of nitrogens with zero attached hydrogens (tertiary/aromatic N) is 3. The third kappa shape index (κ3) is 6.05. The molecule has 1 aromatic heterocycles. The van der Waals surface area contributed by atoms with Crippen LogP contribution in [0.4, 0.5) is 13.2 Å². The monoisotopic (exact) mass is 393 g/mol. The zero-order valence-electron chi connectivity index (χ0n) is 16.5. The summed E-state index contributed by atoms with van der Waals surface area (Å²) in [6.07, 6.45) is -2.68. The molecule has 1 heterocycles. The lowest BCUT2D eigenvalue weighted by Gasteiger charge is -2.25. The molecule has 0 saturated carbocycles. The molecule has 0 aliphatic heterocycles. The lowest BCUT2D eigenvalue weighted by molar-refractivity contribution is -0.137. The van der Waals surface area contributed by atoms with Crippen molar-refractivity contribution in [1.29, 1.82) is 0 Å². The number of carbonyl (C=O) groups excluding carboxylic acids is 1. The molecule has 7 heteroatoms. The summed E-state index contributed by atoms with van der Waals surface area (Å²) in [5, 5.41) is 0. The van der Waals surface area contributed by atoms with Gasteiger partial charge in [0.1, 0.15) is 0 Å². The molecule has 0 fully saturated rings. The molecule has 0 unspecified atom stereocenters. The van der Waals surface area contributed by atoms with E-state index in [-0.39, 0.29) is 5.91 Å². The standard InChI is InChI=1S/C21H26F3N3O/c1-4-26(5-2)12-13-27(16(3)28)15-17-6-11-20(25-14-17)18-7-9-19(10-8-18)21(22,23)24/h6-11,14H,4-5,12-13,15H2,1-3H3. The van der Waals surface area contributed by atoms with Gasteiger partial charge in [0.15, 0.2) is 0 Å². The molecule has 0 aliphatic carbocycles. The van der Waals surface area contributed by atoms with Crippen molar-refractivity contribution in [1.82, 2.24) is 14.8 Å². The highest BCUT2D eigenvalue weighted by Gasteiger charge is 2.30. The van der Waals surface area contributed by atoms with Gasteiger partial charge in [0.05, 0.1) is 11.3 Å². The van der Waals surface area contributed by atoms with Crippen molar-refractivity contribution >= 4 is 5.91 Å². The normalized spacial score (nSPS) is 11.7. The maximum absolute atomic E-state index is 12.7. The van der Waals surface area contributed by atoms with Crippen LogP contribution in [0.3, 0.4) is 0 Å². The van der Waals surface area contributed by atoms with E-state index < -0.39 is 11.7 Å². The molecule has 0 spiro atoms. The van der Waals surface area contributed by atoms with Gasteiger partial charge >= 0.3 is 6.18 Å². The van der Waals surface area contributed by atoms with Crippen molar-refractivity contribution in [2.24, 2.45) is 0 Å². The molecule has 1 aromatic carbocycles. The summed E-state index contributed by atoms with van der Waals surface area (Å²) in [6, 6.07) is 8.55. The number of benzene rings is 1. The number of halogens is 3. The van der Waals surface area contributed by atoms with E-state index >= 15 is 0 Å². The highest BCUT2D eigenvalue weighted by atomic mass is 19.4. The first kappa shape index (κ1) is 21.9. The van der Waals surface area contributed by atoms with Crippen molar-refractivity contribution < 1.29 is 18.0 Å². The lowest BCUT2D eigenvalue weighted by Crippen LogP contribution is -2.37. The van der Waals surface area contributed by atoms with Crippen LogP contribution in [0.15, 0.2) is 42.6 Å². The number of rotatable bonds is 8. The quantitative estimate of drug-likeness (QED) is 0.665. The van der Waals surface area contributed by atoms with Gasteiger partial charge in [0, 0.05) is 38.3 Å². The fourth-order valence-corrected chi connectivity index (χ4v) is 2.89. The van der Waals surface area contributed by atoms with Gasteiger partial charge in [-0.05, 0) is 36.9 Å². The first-order chi connectivity index (χ1) is 13.2. The molecule has 0 N–H and O–H groups in total. The predicted octanol–water partition coefficient (Wildman–Crippen LogP) is 4.46. The van der Waals surface area contributed by atoms with Crippen molar-refractivity contribution in [3.63, 3.8) is 0 Å². The van der Waals surface area contributed by atoms with Crippen LogP contribution in [0.25, 0.3) is 11.3 Å². The van der Waals surface area contributed by atoms with E-state index in [1.54, 1.807) is 24.1 Å². The molecule has 152 valence electrons. The second kappa shape index (κ2) is 9.68. The number of likely N-dealkylation sites (N-methyl/N-ethyl adjacent to an activating group) is 1. The first-order valence-electron chi connectivity index (χ1n) is 9.35. The summed E-state index contributed by atoms with van der Waals surface area (Å²) >= 11 is 0. The number of hydrogen-bond acceptors (Lipinski definition) is 3. The predicted molar refractivity (Wildman–Crippen MR) is 104 cm³/mol. The zero-order valence-corrected chi connectivity index (χ0v) is 16.5. The van der Waals surface area contributed by atoms with Crippen molar-refractivity contribution in [2.75, 3.05) is 26.2 Å². The van der Waals surface area contributed by atoms with Gasteiger partial charge in [0.2, 0.25) is 5.91 Å². The molecule has 4 nitrogen and oxygen atoms in total. The Kier molecular flexibility index (Phi) is 7.57. The molecule has 2 aromatic rings. The zero-order chi connectivity index (χ0) is 20.7. The highest BCUT2D eigenvalue weighted by Crippen LogP contribution is 2.30. The Morgan fingerprint density at radius 1 is 1.00 bits per heavy atom. The minimum Gasteiger partial charge on any atom is -0.337 e. The fourth-order valence-electron chi connectivity index (χ4n) is 2.89. The topological polar surface area (TPSA) is 36.4 Å². The van der Waals surface area contributed by atoms with Gasteiger partial charge in [0.25, 0.3) is 0 Å². The van der Waals surface area contributed by atoms with Crippen LogP contribution in [0.2, 0.25) is 0 Å². The molecular weight excluding hydrogens is 367 g/mol. The largest absolute Gasteiger partial charge is 0.416 e. The Morgan fingerprint density at radius 2 is 1.64 bits per heavy atom. The van der Waals surface area contributed by atoms with Crippen molar-refractivity contribution in [3.8, 4) is 11.3 Å². The van der Waals surface area contributed by atoms with Gasteiger partial charge < -0.3 is 9.80 Å². The van der Waals surface area contributed by atoms with Gasteiger partial charge in [-0.3, -0.25) is 9.78 Å². The van der Waals surface area contributed by atoms with Crippen LogP contribution >= 0.6 is 0 Å². The van der Waals surface area contributed by atoms with E-state index in [9.17, 15) is 18.0 Å². The number of carbonyl (C=O) groups is 1. The number of hydrogen-bond donors (Lipinski definition) is 0. The summed E-state index contributed by atoms with van der Waals surface area (Å²) in [6.45, 7) is 9.50. The number of amides is 1. The molecule has 2 rings (SSSR count). The lowest BCUT2D eigenvalue weighted by atomic mass is 10.1. The molecule has 0 radical (unpaired) electrons. The van der Waals surface area contributed by atoms with Gasteiger partial charge in [-0.15, -0.1) is 0 Å². The van der Waals surface area contributed by atoms with Gasteiger partial charge in [-0.25, -0.2) is 0 Å². The highest BCUT2D eigenvalue weighted by molar-refractivity contribution is 5.73. The second-order valence-electron chi connectivity index (χ2n) is 6.59. The molecule has 1 amide bonds. The Balaban J connectivity index is 2.05. The van der Waals surface area contributed by atoms with Crippen LogP contribution < -0.4 is 0 Å². The Morgan fingerprint density at radius 3 is 2.11 bits per heavy atom. The SMILES string of the molecule is CCN(CC)CCN(Cc1ccc(-c2ccc(C(F)(F)F)cc2)nc1)C(C)=O. The molecule has 0 atom stereocenters. The molecule has 0 saturated heterocycles. The molecular formula is C21H26F3N3O. The average Bonchev–Trinajstić information content (AvgIpc) is 2.67. The third-order valence-corrected chi connectivity index (χ3v) is 4.73. The summed E-state index contributed by atoms with van der Waals surface area (Å²) in [5.41, 5.74) is 1.41. The Labute approximate surface area is 164 Å². The summed E-state index contributed by atoms with van der Waals surface area (Å²) < 4.78 is 38.0. The summed E-state index contributed by atoms with van der Waals surface area (Å²) in [7, 11) is 0. The minimum atomic E-state index is -4.35. The summed E-state index contributed by atoms with van der Waals surface area (Å²) in [5.74, 6) is -0.000952. The van der Waals surface area contributed by atoms with Crippen LogP contribution in [0.5, 0.6) is 0 Å². The van der Waals surface area contributed by atoms with Crippen molar-refractivity contribution in [2.45, 2.75) is 33.5 Å². The maximum Gasteiger partial charge on any atom is 0.416 e. The van der Waals surface area contributed by atoms with E-state index in [0.717, 1.165) is 37.3 Å². The molecule has 0 aliphatic rings. The van der Waals surface area contributed by atoms with E-state index in [4.69, 9.17) is 0 Å². The number of pyridine rings is 1. The van der Waals surface area contributed by atoms with E-state index in [0.29, 0.717) is 24.3 Å². The molecule has 0 bridgehead atoms. The number of alkyl halides is 3. The first-order valence-corrected chi connectivity index (χ1v) is 9.35. The fraction of sp³-hybridized carbons (Fsp3) is 0.429. The van der Waals surface area contributed by atoms with E-state index in [1.165, 1.54) is 12.1 Å². The van der Waals surface area contributed by atoms with Gasteiger partial charge in [-0.2, -0.15) is 13.2 Å². The van der Waals surface area contributed by atoms with Crippen LogP contribution in [-0.4, -0.2) is 46.9 Å². The van der Waals surface area contributed by atoms with Crippen molar-refractivity contribution in [3.05, 3.63) is 53.7 Å². The average molecular weight is 393 g/mol. The minimum absolute atomic E-state index is 0.000952. The Bertz CT molecular complexity index is 754. The smallest absolute Gasteiger partial charge is 0.337 e. The second-order valence-corrected chi connectivity index (χ2v) is 6.59. The number of aromatic nitrogens is 1. The summed E-state index contributed by atoms with van der Waals surface area (Å²) in [4.78, 5) is 20.3.